The van der Waals surface area contributed by atoms with Crippen molar-refractivity contribution in [1.82, 2.24) is 0 Å². The van der Waals surface area contributed by atoms with Gasteiger partial charge in [0.25, 0.3) is 5.91 Å². The summed E-state index contributed by atoms with van der Waals surface area (Å²) in [6.45, 7) is 5.67. The molecule has 0 heterocycles. The number of anilines is 1. The fourth-order valence-electron chi connectivity index (χ4n) is 2.36. The molecule has 4 heteroatoms. The molecule has 1 amide bonds. The maximum atomic E-state index is 12.4. The van der Waals surface area contributed by atoms with Crippen molar-refractivity contribution in [1.29, 1.82) is 0 Å². The summed E-state index contributed by atoms with van der Waals surface area (Å²) in [5, 5.41) is 2.86. The number of nitrogens with one attached hydrogen (secondary N) is 1. The zero-order valence-electron chi connectivity index (χ0n) is 13.2. The second-order valence-corrected chi connectivity index (χ2v) is 5.24. The third kappa shape index (κ3) is 3.17. The van der Waals surface area contributed by atoms with Gasteiger partial charge in [0, 0.05) is 11.3 Å². The van der Waals surface area contributed by atoms with E-state index < -0.39 is 5.97 Å². The molecule has 0 aromatic heterocycles. The van der Waals surface area contributed by atoms with Crippen molar-refractivity contribution in [3.8, 4) is 0 Å². The molecule has 0 bridgehead atoms. The Morgan fingerprint density at radius 2 is 1.73 bits per heavy atom. The lowest BCUT2D eigenvalue weighted by Gasteiger charge is -2.12. The highest BCUT2D eigenvalue weighted by Gasteiger charge is 2.15. The van der Waals surface area contributed by atoms with Gasteiger partial charge in [0.2, 0.25) is 0 Å². The summed E-state index contributed by atoms with van der Waals surface area (Å²) in [6, 6.07) is 10.8. The first kappa shape index (κ1) is 15.8. The number of hydrogen-bond donors (Lipinski definition) is 1. The van der Waals surface area contributed by atoms with Crippen LogP contribution in [0.5, 0.6) is 0 Å². The fraction of sp³-hybridized carbons (Fsp3) is 0.222. The number of esters is 1. The number of aryl methyl sites for hydroxylation is 2. The lowest BCUT2D eigenvalue weighted by molar-refractivity contribution is 0.0599. The normalized spacial score (nSPS) is 10.2. The van der Waals surface area contributed by atoms with E-state index in [1.807, 2.05) is 26.0 Å². The molecule has 0 unspecified atom stereocenters. The molecular formula is C18H19NO3. The molecule has 22 heavy (non-hydrogen) atoms. The Kier molecular flexibility index (Phi) is 4.61. The van der Waals surface area contributed by atoms with Crippen LogP contribution < -0.4 is 5.32 Å². The van der Waals surface area contributed by atoms with Crippen molar-refractivity contribution in [2.75, 3.05) is 12.4 Å². The topological polar surface area (TPSA) is 55.4 Å². The minimum absolute atomic E-state index is 0.192. The molecule has 0 fully saturated rings. The Labute approximate surface area is 130 Å². The number of ether oxygens (including phenoxy) is 1. The van der Waals surface area contributed by atoms with Crippen LogP contribution in [0.3, 0.4) is 0 Å². The summed E-state index contributed by atoms with van der Waals surface area (Å²) in [4.78, 5) is 24.1. The van der Waals surface area contributed by atoms with Gasteiger partial charge in [-0.15, -0.1) is 0 Å². The van der Waals surface area contributed by atoms with E-state index in [2.05, 4.69) is 5.32 Å². The van der Waals surface area contributed by atoms with Crippen LogP contribution >= 0.6 is 0 Å². The van der Waals surface area contributed by atoms with E-state index in [4.69, 9.17) is 4.74 Å². The SMILES string of the molecule is COC(=O)c1cccc(NC(=O)c2ccc(C)cc2C)c1C. The number of amides is 1. The largest absolute Gasteiger partial charge is 0.465 e. The first-order valence-corrected chi connectivity index (χ1v) is 7.00. The highest BCUT2D eigenvalue weighted by atomic mass is 16.5. The van der Waals surface area contributed by atoms with E-state index >= 15 is 0 Å². The molecule has 114 valence electrons. The average Bonchev–Trinajstić information content (AvgIpc) is 2.48. The molecule has 2 rings (SSSR count). The molecule has 2 aromatic carbocycles. The van der Waals surface area contributed by atoms with Crippen LogP contribution in [-0.4, -0.2) is 19.0 Å². The third-order valence-electron chi connectivity index (χ3n) is 3.61. The number of carbonyl (C=O) groups excluding carboxylic acids is 2. The summed E-state index contributed by atoms with van der Waals surface area (Å²) < 4.78 is 4.74. The fourth-order valence-corrected chi connectivity index (χ4v) is 2.36. The van der Waals surface area contributed by atoms with Gasteiger partial charge in [-0.1, -0.05) is 23.8 Å². The zero-order chi connectivity index (χ0) is 16.3. The quantitative estimate of drug-likeness (QED) is 0.880. The second-order valence-electron chi connectivity index (χ2n) is 5.24. The maximum Gasteiger partial charge on any atom is 0.338 e. The second kappa shape index (κ2) is 6.43. The molecule has 1 N–H and O–H groups in total. The van der Waals surface area contributed by atoms with Crippen LogP contribution in [0, 0.1) is 20.8 Å². The van der Waals surface area contributed by atoms with Gasteiger partial charge in [0.05, 0.1) is 12.7 Å². The van der Waals surface area contributed by atoms with Crippen molar-refractivity contribution in [2.45, 2.75) is 20.8 Å². The van der Waals surface area contributed by atoms with E-state index in [1.165, 1.54) is 7.11 Å². The summed E-state index contributed by atoms with van der Waals surface area (Å²) >= 11 is 0. The first-order chi connectivity index (χ1) is 10.4. The van der Waals surface area contributed by atoms with Gasteiger partial charge >= 0.3 is 5.97 Å². The van der Waals surface area contributed by atoms with E-state index in [0.717, 1.165) is 11.1 Å². The van der Waals surface area contributed by atoms with Crippen LogP contribution in [0.15, 0.2) is 36.4 Å². The summed E-state index contributed by atoms with van der Waals surface area (Å²) in [5.41, 5.74) is 4.38. The minimum atomic E-state index is -0.417. The molecule has 2 aromatic rings. The molecule has 0 saturated carbocycles. The van der Waals surface area contributed by atoms with Crippen LogP contribution in [0.1, 0.15) is 37.4 Å². The minimum Gasteiger partial charge on any atom is -0.465 e. The molecule has 0 radical (unpaired) electrons. The average molecular weight is 297 g/mol. The molecule has 0 spiro atoms. The Balaban J connectivity index is 2.31. The van der Waals surface area contributed by atoms with Gasteiger partial charge in [-0.25, -0.2) is 4.79 Å². The van der Waals surface area contributed by atoms with Crippen LogP contribution in [0.25, 0.3) is 0 Å². The molecular weight excluding hydrogens is 278 g/mol. The molecule has 0 aliphatic rings. The number of hydrogen-bond acceptors (Lipinski definition) is 3. The number of rotatable bonds is 3. The Hall–Kier alpha value is -2.62. The monoisotopic (exact) mass is 297 g/mol. The predicted octanol–water partition coefficient (Wildman–Crippen LogP) is 3.65. The zero-order valence-corrected chi connectivity index (χ0v) is 13.2. The van der Waals surface area contributed by atoms with Crippen molar-refractivity contribution < 1.29 is 14.3 Å². The molecule has 0 aliphatic carbocycles. The summed E-state index contributed by atoms with van der Waals surface area (Å²) in [5.74, 6) is -0.609. The highest BCUT2D eigenvalue weighted by molar-refractivity contribution is 6.06. The molecule has 4 nitrogen and oxygen atoms in total. The lowest BCUT2D eigenvalue weighted by Crippen LogP contribution is -2.15. The van der Waals surface area contributed by atoms with E-state index in [0.29, 0.717) is 22.4 Å². The Morgan fingerprint density at radius 3 is 2.36 bits per heavy atom. The van der Waals surface area contributed by atoms with Gasteiger partial charge in [-0.05, 0) is 50.1 Å². The molecule has 0 atom stereocenters. The van der Waals surface area contributed by atoms with Crippen molar-refractivity contribution in [2.24, 2.45) is 0 Å². The van der Waals surface area contributed by atoms with E-state index in [1.54, 1.807) is 31.2 Å². The number of methoxy groups -OCH3 is 1. The summed E-state index contributed by atoms with van der Waals surface area (Å²) in [7, 11) is 1.34. The van der Waals surface area contributed by atoms with Crippen LogP contribution in [-0.2, 0) is 4.74 Å². The van der Waals surface area contributed by atoms with Crippen molar-refractivity contribution >= 4 is 17.6 Å². The highest BCUT2D eigenvalue weighted by Crippen LogP contribution is 2.21. The van der Waals surface area contributed by atoms with Gasteiger partial charge in [-0.3, -0.25) is 4.79 Å². The van der Waals surface area contributed by atoms with Gasteiger partial charge in [-0.2, -0.15) is 0 Å². The Bertz CT molecular complexity index is 735. The van der Waals surface area contributed by atoms with Crippen LogP contribution in [0.2, 0.25) is 0 Å². The number of benzene rings is 2. The molecule has 0 aliphatic heterocycles. The van der Waals surface area contributed by atoms with Crippen molar-refractivity contribution in [3.05, 3.63) is 64.2 Å². The standard InChI is InChI=1S/C18H19NO3/c1-11-8-9-14(12(2)10-11)17(20)19-16-7-5-6-15(13(16)3)18(21)22-4/h5-10H,1-4H3,(H,19,20). The lowest BCUT2D eigenvalue weighted by atomic mass is 10.0. The first-order valence-electron chi connectivity index (χ1n) is 7.00. The van der Waals surface area contributed by atoms with Crippen LogP contribution in [0.4, 0.5) is 5.69 Å². The third-order valence-corrected chi connectivity index (χ3v) is 3.61. The predicted molar refractivity (Wildman–Crippen MR) is 86.4 cm³/mol. The smallest absolute Gasteiger partial charge is 0.338 e. The number of carbonyl (C=O) groups is 2. The summed E-state index contributed by atoms with van der Waals surface area (Å²) in [6.07, 6.45) is 0. The van der Waals surface area contributed by atoms with Crippen molar-refractivity contribution in [3.63, 3.8) is 0 Å². The maximum absolute atomic E-state index is 12.4. The van der Waals surface area contributed by atoms with Gasteiger partial charge < -0.3 is 10.1 Å². The van der Waals surface area contributed by atoms with E-state index in [9.17, 15) is 9.59 Å². The van der Waals surface area contributed by atoms with Gasteiger partial charge in [0.15, 0.2) is 0 Å². The molecule has 0 saturated heterocycles. The van der Waals surface area contributed by atoms with Gasteiger partial charge in [0.1, 0.15) is 0 Å². The van der Waals surface area contributed by atoms with E-state index in [-0.39, 0.29) is 5.91 Å². The Morgan fingerprint density at radius 1 is 1.00 bits per heavy atom.